The molecule has 1 N–H and O–H groups in total. The van der Waals surface area contributed by atoms with E-state index >= 15 is 0 Å². The van der Waals surface area contributed by atoms with E-state index in [1.54, 1.807) is 0 Å². The van der Waals surface area contributed by atoms with E-state index < -0.39 is 0 Å². The molecule has 0 radical (unpaired) electrons. The lowest BCUT2D eigenvalue weighted by molar-refractivity contribution is 0.471. The van der Waals surface area contributed by atoms with Crippen molar-refractivity contribution < 1.29 is 4.74 Å². The Balaban J connectivity index is 2.37. The van der Waals surface area contributed by atoms with Crippen LogP contribution >= 0.6 is 27.5 Å². The van der Waals surface area contributed by atoms with Gasteiger partial charge in [0.15, 0.2) is 5.75 Å². The van der Waals surface area contributed by atoms with Crippen LogP contribution in [0.2, 0.25) is 5.02 Å². The molecule has 100 valence electrons. The predicted octanol–water partition coefficient (Wildman–Crippen LogP) is 4.92. The van der Waals surface area contributed by atoms with Crippen LogP contribution in [0, 0.1) is 6.92 Å². The van der Waals surface area contributed by atoms with Gasteiger partial charge < -0.3 is 10.1 Å². The van der Waals surface area contributed by atoms with Gasteiger partial charge in [-0.1, -0.05) is 39.7 Å². The van der Waals surface area contributed by atoms with Gasteiger partial charge in [0.05, 0.1) is 5.02 Å². The van der Waals surface area contributed by atoms with Gasteiger partial charge in [-0.3, -0.25) is 0 Å². The van der Waals surface area contributed by atoms with Crippen molar-refractivity contribution >= 4 is 27.5 Å². The van der Waals surface area contributed by atoms with Crippen molar-refractivity contribution in [3.63, 3.8) is 0 Å². The number of rotatable bonds is 4. The normalized spacial score (nSPS) is 10.5. The molecule has 0 spiro atoms. The molecule has 0 fully saturated rings. The molecule has 0 saturated carbocycles. The highest BCUT2D eigenvalue weighted by molar-refractivity contribution is 9.10. The number of benzene rings is 2. The lowest BCUT2D eigenvalue weighted by atomic mass is 10.2. The molecule has 0 heterocycles. The van der Waals surface area contributed by atoms with Crippen molar-refractivity contribution in [3.8, 4) is 11.5 Å². The number of ether oxygens (including phenoxy) is 1. The first-order valence-electron chi connectivity index (χ1n) is 5.98. The molecule has 0 amide bonds. The molecule has 2 aromatic carbocycles. The highest BCUT2D eigenvalue weighted by Crippen LogP contribution is 2.35. The first-order chi connectivity index (χ1) is 9.11. The van der Waals surface area contributed by atoms with Crippen LogP contribution in [-0.4, -0.2) is 7.05 Å². The lowest BCUT2D eigenvalue weighted by Crippen LogP contribution is -2.06. The van der Waals surface area contributed by atoms with Crippen LogP contribution in [0.1, 0.15) is 11.1 Å². The maximum atomic E-state index is 6.24. The second-order valence-electron chi connectivity index (χ2n) is 4.27. The molecule has 0 saturated heterocycles. The second-order valence-corrected chi connectivity index (χ2v) is 5.59. The number of hydrogen-bond acceptors (Lipinski definition) is 2. The predicted molar refractivity (Wildman–Crippen MR) is 83.2 cm³/mol. The molecule has 4 heteroatoms. The van der Waals surface area contributed by atoms with E-state index in [9.17, 15) is 0 Å². The molecule has 0 aliphatic carbocycles. The van der Waals surface area contributed by atoms with E-state index in [1.165, 1.54) is 0 Å². The third kappa shape index (κ3) is 3.50. The summed E-state index contributed by atoms with van der Waals surface area (Å²) in [4.78, 5) is 0. The summed E-state index contributed by atoms with van der Waals surface area (Å²) in [6, 6.07) is 11.7. The molecule has 2 rings (SSSR count). The molecule has 19 heavy (non-hydrogen) atoms. The average Bonchev–Trinajstić information content (AvgIpc) is 2.36. The summed E-state index contributed by atoms with van der Waals surface area (Å²) in [5, 5.41) is 3.74. The number of para-hydroxylation sites is 1. The van der Waals surface area contributed by atoms with Gasteiger partial charge in [0.25, 0.3) is 0 Å². The van der Waals surface area contributed by atoms with Crippen molar-refractivity contribution in [2.75, 3.05) is 7.05 Å². The third-order valence-corrected chi connectivity index (χ3v) is 3.56. The maximum Gasteiger partial charge on any atom is 0.150 e. The summed E-state index contributed by atoms with van der Waals surface area (Å²) in [5.41, 5.74) is 2.10. The average molecular weight is 341 g/mol. The van der Waals surface area contributed by atoms with Gasteiger partial charge in [-0.05, 0) is 43.8 Å². The molecule has 2 aromatic rings. The van der Waals surface area contributed by atoms with E-state index in [0.717, 1.165) is 21.3 Å². The Bertz CT molecular complexity index is 586. The van der Waals surface area contributed by atoms with Crippen LogP contribution in [0.25, 0.3) is 0 Å². The Kier molecular flexibility index (Phi) is 4.86. The maximum absolute atomic E-state index is 6.24. The second kappa shape index (κ2) is 6.42. The fourth-order valence-electron chi connectivity index (χ4n) is 1.83. The molecule has 0 unspecified atom stereocenters. The van der Waals surface area contributed by atoms with Gasteiger partial charge in [0.1, 0.15) is 5.75 Å². The zero-order valence-electron chi connectivity index (χ0n) is 10.8. The molecule has 0 aliphatic rings. The quantitative estimate of drug-likeness (QED) is 0.852. The zero-order valence-corrected chi connectivity index (χ0v) is 13.2. The monoisotopic (exact) mass is 339 g/mol. The van der Waals surface area contributed by atoms with E-state index in [-0.39, 0.29) is 0 Å². The van der Waals surface area contributed by atoms with Crippen LogP contribution in [0.15, 0.2) is 40.9 Å². The number of nitrogens with one attached hydrogen (secondary N) is 1. The summed E-state index contributed by atoms with van der Waals surface area (Å²) in [7, 11) is 1.90. The molecule has 2 nitrogen and oxygen atoms in total. The Morgan fingerprint density at radius 1 is 1.26 bits per heavy atom. The van der Waals surface area contributed by atoms with Crippen molar-refractivity contribution in [2.45, 2.75) is 13.5 Å². The largest absolute Gasteiger partial charge is 0.455 e. The van der Waals surface area contributed by atoms with Crippen LogP contribution in [0.3, 0.4) is 0 Å². The molecule has 0 aliphatic heterocycles. The molecular formula is C15H15BrClNO. The van der Waals surface area contributed by atoms with Gasteiger partial charge in [0, 0.05) is 16.6 Å². The summed E-state index contributed by atoms with van der Waals surface area (Å²) in [6.07, 6.45) is 0. The van der Waals surface area contributed by atoms with Crippen LogP contribution < -0.4 is 10.1 Å². The van der Waals surface area contributed by atoms with E-state index in [1.807, 2.05) is 50.4 Å². The minimum Gasteiger partial charge on any atom is -0.455 e. The minimum absolute atomic E-state index is 0.620. The van der Waals surface area contributed by atoms with Gasteiger partial charge in [-0.2, -0.15) is 0 Å². The van der Waals surface area contributed by atoms with Gasteiger partial charge >= 0.3 is 0 Å². The van der Waals surface area contributed by atoms with Crippen LogP contribution in [-0.2, 0) is 6.54 Å². The Morgan fingerprint density at radius 2 is 2.05 bits per heavy atom. The van der Waals surface area contributed by atoms with E-state index in [0.29, 0.717) is 17.3 Å². The Morgan fingerprint density at radius 3 is 2.74 bits per heavy atom. The Hall–Kier alpha value is -1.03. The van der Waals surface area contributed by atoms with E-state index in [4.69, 9.17) is 16.3 Å². The van der Waals surface area contributed by atoms with E-state index in [2.05, 4.69) is 21.2 Å². The van der Waals surface area contributed by atoms with Crippen LogP contribution in [0.5, 0.6) is 11.5 Å². The Labute approximate surface area is 126 Å². The topological polar surface area (TPSA) is 21.3 Å². The summed E-state index contributed by atoms with van der Waals surface area (Å²) in [6.45, 7) is 2.72. The molecule has 0 aromatic heterocycles. The van der Waals surface area contributed by atoms with Crippen LogP contribution in [0.4, 0.5) is 0 Å². The number of aryl methyl sites for hydroxylation is 1. The number of hydrogen-bond donors (Lipinski definition) is 1. The SMILES string of the molecule is CNCc1cccc(Cl)c1Oc1ccc(Br)cc1C. The van der Waals surface area contributed by atoms with Crippen molar-refractivity contribution in [1.82, 2.24) is 5.32 Å². The van der Waals surface area contributed by atoms with Crippen molar-refractivity contribution in [1.29, 1.82) is 0 Å². The minimum atomic E-state index is 0.620. The molecule has 0 atom stereocenters. The van der Waals surface area contributed by atoms with Crippen molar-refractivity contribution in [2.24, 2.45) is 0 Å². The highest BCUT2D eigenvalue weighted by Gasteiger charge is 2.10. The fourth-order valence-corrected chi connectivity index (χ4v) is 2.54. The zero-order chi connectivity index (χ0) is 13.8. The fraction of sp³-hybridized carbons (Fsp3) is 0.200. The first-order valence-corrected chi connectivity index (χ1v) is 7.15. The lowest BCUT2D eigenvalue weighted by Gasteiger charge is -2.14. The summed E-state index contributed by atoms with van der Waals surface area (Å²) in [5.74, 6) is 1.53. The third-order valence-electron chi connectivity index (χ3n) is 2.76. The molecule has 0 bridgehead atoms. The standard InChI is InChI=1S/C15H15BrClNO/c1-10-8-12(16)6-7-14(10)19-15-11(9-18-2)4-3-5-13(15)17/h3-8,18H,9H2,1-2H3. The van der Waals surface area contributed by atoms with Gasteiger partial charge in [0.2, 0.25) is 0 Å². The van der Waals surface area contributed by atoms with Gasteiger partial charge in [-0.25, -0.2) is 0 Å². The number of halogens is 2. The summed E-state index contributed by atoms with van der Waals surface area (Å²) >= 11 is 9.68. The van der Waals surface area contributed by atoms with Gasteiger partial charge in [-0.15, -0.1) is 0 Å². The first kappa shape index (κ1) is 14.4. The van der Waals surface area contributed by atoms with Crippen molar-refractivity contribution in [3.05, 3.63) is 57.0 Å². The highest BCUT2D eigenvalue weighted by atomic mass is 79.9. The smallest absolute Gasteiger partial charge is 0.150 e. The molecular weight excluding hydrogens is 326 g/mol. The summed E-state index contributed by atoms with van der Waals surface area (Å²) < 4.78 is 7.02.